The normalized spacial score (nSPS) is 16.1. The van der Waals surface area contributed by atoms with Crippen LogP contribution < -0.4 is 14.4 Å². The van der Waals surface area contributed by atoms with Gasteiger partial charge < -0.3 is 24.0 Å². The van der Waals surface area contributed by atoms with Crippen molar-refractivity contribution in [2.45, 2.75) is 6.92 Å². The van der Waals surface area contributed by atoms with Crippen molar-refractivity contribution >= 4 is 28.1 Å². The second-order valence-corrected chi connectivity index (χ2v) is 6.78. The molecule has 27 heavy (non-hydrogen) atoms. The van der Waals surface area contributed by atoms with Crippen molar-refractivity contribution in [3.05, 3.63) is 53.5 Å². The highest BCUT2D eigenvalue weighted by Crippen LogP contribution is 2.38. The van der Waals surface area contributed by atoms with Gasteiger partial charge in [0.2, 0.25) is 6.79 Å². The maximum absolute atomic E-state index is 10.6. The van der Waals surface area contributed by atoms with Crippen LogP contribution in [-0.4, -0.2) is 33.8 Å². The molecule has 136 valence electrons. The zero-order valence-corrected chi connectivity index (χ0v) is 15.0. The molecule has 3 heterocycles. The van der Waals surface area contributed by atoms with Gasteiger partial charge in [-0.1, -0.05) is 6.07 Å². The Bertz CT molecular complexity index is 1150. The number of hydrogen-bond donors (Lipinski definition) is 2. The summed E-state index contributed by atoms with van der Waals surface area (Å²) in [4.78, 5) is 6.41. The van der Waals surface area contributed by atoms with Gasteiger partial charge in [0, 0.05) is 18.8 Å². The predicted molar refractivity (Wildman–Crippen MR) is 103 cm³/mol. The molecule has 0 amide bonds. The number of nitrogens with one attached hydrogen (secondary N) is 1. The first-order valence-electron chi connectivity index (χ1n) is 8.64. The number of imidazole rings is 1. The lowest BCUT2D eigenvalue weighted by Crippen LogP contribution is -2.26. The maximum Gasteiger partial charge on any atom is 0.231 e. The van der Waals surface area contributed by atoms with Crippen LogP contribution >= 0.6 is 0 Å². The number of amidine groups is 1. The number of anilines is 1. The van der Waals surface area contributed by atoms with Crippen LogP contribution in [0.15, 0.2) is 42.2 Å². The van der Waals surface area contributed by atoms with Gasteiger partial charge in [-0.05, 0) is 36.8 Å². The summed E-state index contributed by atoms with van der Waals surface area (Å²) >= 11 is 0. The molecule has 7 heteroatoms. The molecule has 0 unspecified atom stereocenters. The molecule has 2 aliphatic rings. The summed E-state index contributed by atoms with van der Waals surface area (Å²) in [6.07, 6.45) is 0. The van der Waals surface area contributed by atoms with Gasteiger partial charge in [-0.25, -0.2) is 4.98 Å². The van der Waals surface area contributed by atoms with Crippen LogP contribution in [0, 0.1) is 12.3 Å². The maximum atomic E-state index is 10.6. The average Bonchev–Trinajstić information content (AvgIpc) is 3.31. The minimum atomic E-state index is 0.132. The van der Waals surface area contributed by atoms with Crippen LogP contribution in [-0.2, 0) is 7.05 Å². The Morgan fingerprint density at radius 3 is 2.78 bits per heavy atom. The van der Waals surface area contributed by atoms with E-state index < -0.39 is 0 Å². The Morgan fingerprint density at radius 2 is 1.93 bits per heavy atom. The summed E-state index contributed by atoms with van der Waals surface area (Å²) in [6.45, 7) is 2.43. The quantitative estimate of drug-likeness (QED) is 0.730. The molecule has 1 aromatic heterocycles. The van der Waals surface area contributed by atoms with Gasteiger partial charge >= 0.3 is 0 Å². The molecule has 5 rings (SSSR count). The first kappa shape index (κ1) is 15.7. The fourth-order valence-electron chi connectivity index (χ4n) is 3.62. The number of aromatic nitrogens is 2. The number of nitrogens with zero attached hydrogens (tertiary/aromatic N) is 3. The lowest BCUT2D eigenvalue weighted by molar-refractivity contribution is 0.174. The summed E-state index contributed by atoms with van der Waals surface area (Å²) in [6, 6.07) is 11.5. The molecule has 0 aliphatic carbocycles. The highest BCUT2D eigenvalue weighted by molar-refractivity contribution is 6.30. The molecular formula is C20H18N4O3. The number of aliphatic hydroxyl groups excluding tert-OH is 1. The molecule has 2 aliphatic heterocycles. The fraction of sp³-hybridized carbons (Fsp3) is 0.200. The van der Waals surface area contributed by atoms with Crippen LogP contribution in [0.2, 0.25) is 0 Å². The van der Waals surface area contributed by atoms with Gasteiger partial charge in [0.1, 0.15) is 17.4 Å². The lowest BCUT2D eigenvalue weighted by atomic mass is 10.2. The molecule has 0 saturated heterocycles. The summed E-state index contributed by atoms with van der Waals surface area (Å²) in [5.41, 5.74) is 4.14. The number of ether oxygens (including phenoxy) is 2. The molecule has 0 spiro atoms. The van der Waals surface area contributed by atoms with Crippen molar-refractivity contribution in [2.24, 2.45) is 7.05 Å². The van der Waals surface area contributed by atoms with Crippen LogP contribution in [0.5, 0.6) is 11.5 Å². The Labute approximate surface area is 155 Å². The second kappa shape index (κ2) is 5.51. The van der Waals surface area contributed by atoms with Gasteiger partial charge in [0.25, 0.3) is 0 Å². The van der Waals surface area contributed by atoms with E-state index in [1.165, 1.54) is 0 Å². The molecule has 0 radical (unpaired) electrons. The van der Waals surface area contributed by atoms with E-state index in [0.29, 0.717) is 22.9 Å². The van der Waals surface area contributed by atoms with Crippen LogP contribution in [0.1, 0.15) is 11.4 Å². The fourth-order valence-corrected chi connectivity index (χ4v) is 3.62. The Hall–Kier alpha value is -3.48. The van der Waals surface area contributed by atoms with Crippen molar-refractivity contribution in [1.82, 2.24) is 9.55 Å². The summed E-state index contributed by atoms with van der Waals surface area (Å²) in [7, 11) is 1.90. The lowest BCUT2D eigenvalue weighted by Gasteiger charge is -2.19. The Balaban J connectivity index is 1.55. The van der Waals surface area contributed by atoms with E-state index in [1.807, 2.05) is 54.9 Å². The highest BCUT2D eigenvalue weighted by Gasteiger charge is 2.33. The molecular weight excluding hydrogens is 344 g/mol. The number of benzene rings is 2. The Kier molecular flexibility index (Phi) is 3.21. The number of rotatable bonds is 2. The molecule has 0 fully saturated rings. The van der Waals surface area contributed by atoms with Crippen molar-refractivity contribution in [3.63, 3.8) is 0 Å². The predicted octanol–water partition coefficient (Wildman–Crippen LogP) is 3.38. The van der Waals surface area contributed by atoms with Crippen molar-refractivity contribution in [1.29, 1.82) is 5.41 Å². The third kappa shape index (κ3) is 2.28. The highest BCUT2D eigenvalue weighted by atomic mass is 16.7. The first-order valence-corrected chi connectivity index (χ1v) is 8.64. The third-order valence-electron chi connectivity index (χ3n) is 5.03. The van der Waals surface area contributed by atoms with E-state index in [0.717, 1.165) is 22.3 Å². The van der Waals surface area contributed by atoms with Gasteiger partial charge in [-0.3, -0.25) is 5.41 Å². The number of fused-ring (bicyclic) bond motifs is 2. The largest absolute Gasteiger partial charge is 0.509 e. The van der Waals surface area contributed by atoms with E-state index in [4.69, 9.17) is 14.9 Å². The monoisotopic (exact) mass is 362 g/mol. The molecule has 0 saturated carbocycles. The summed E-state index contributed by atoms with van der Waals surface area (Å²) < 4.78 is 12.7. The second-order valence-electron chi connectivity index (χ2n) is 6.78. The molecule has 3 aromatic rings. The van der Waals surface area contributed by atoms with Crippen molar-refractivity contribution in [2.75, 3.05) is 18.2 Å². The van der Waals surface area contributed by atoms with Crippen molar-refractivity contribution < 1.29 is 14.6 Å². The molecule has 2 aromatic carbocycles. The van der Waals surface area contributed by atoms with Crippen molar-refractivity contribution in [3.8, 4) is 11.5 Å². The topological polar surface area (TPSA) is 83.6 Å². The first-order chi connectivity index (χ1) is 13.0. The van der Waals surface area contributed by atoms with Gasteiger partial charge in [0.15, 0.2) is 11.5 Å². The van der Waals surface area contributed by atoms with Gasteiger partial charge in [-0.2, -0.15) is 0 Å². The molecule has 7 nitrogen and oxygen atoms in total. The van der Waals surface area contributed by atoms with Gasteiger partial charge in [0.05, 0.1) is 23.2 Å². The minimum absolute atomic E-state index is 0.132. The Morgan fingerprint density at radius 1 is 1.11 bits per heavy atom. The zero-order chi connectivity index (χ0) is 18.7. The van der Waals surface area contributed by atoms with E-state index in [2.05, 4.69) is 4.98 Å². The summed E-state index contributed by atoms with van der Waals surface area (Å²) in [5.74, 6) is 2.26. The smallest absolute Gasteiger partial charge is 0.231 e. The standard InChI is InChI=1S/C20H18N4O3/c1-11-3-5-14-13(7-11)22-20(23(14)2)18-15(25)9-24(19(18)21)12-4-6-16-17(8-12)27-10-26-16/h3-8,21,25H,9-10H2,1-2H3. The molecule has 0 atom stereocenters. The van der Waals surface area contributed by atoms with E-state index in [-0.39, 0.29) is 24.9 Å². The van der Waals surface area contributed by atoms with Crippen LogP contribution in [0.4, 0.5) is 5.69 Å². The third-order valence-corrected chi connectivity index (χ3v) is 5.03. The SMILES string of the molecule is Cc1ccc2c(c1)nc(C1=C(O)CN(c3ccc4c(c3)OCO4)C1=N)n2C. The van der Waals surface area contributed by atoms with E-state index in [1.54, 1.807) is 4.90 Å². The van der Waals surface area contributed by atoms with Gasteiger partial charge in [-0.15, -0.1) is 0 Å². The van der Waals surface area contributed by atoms with Crippen LogP contribution in [0.25, 0.3) is 16.6 Å². The van der Waals surface area contributed by atoms with Crippen LogP contribution in [0.3, 0.4) is 0 Å². The molecule has 0 bridgehead atoms. The van der Waals surface area contributed by atoms with E-state index >= 15 is 0 Å². The minimum Gasteiger partial charge on any atom is -0.509 e. The van der Waals surface area contributed by atoms with E-state index in [9.17, 15) is 5.11 Å². The summed E-state index contributed by atoms with van der Waals surface area (Å²) in [5, 5.41) is 19.3. The number of aliphatic hydroxyl groups is 1. The number of aryl methyl sites for hydroxylation is 2. The molecule has 2 N–H and O–H groups in total. The average molecular weight is 362 g/mol. The zero-order valence-electron chi connectivity index (χ0n) is 15.0. The number of hydrogen-bond acceptors (Lipinski definition) is 5.